The van der Waals surface area contributed by atoms with Crippen molar-refractivity contribution in [2.45, 2.75) is 23.3 Å². The minimum absolute atomic E-state index is 0.106. The van der Waals surface area contributed by atoms with Gasteiger partial charge in [0.15, 0.2) is 0 Å². The molecule has 0 aromatic heterocycles. The van der Waals surface area contributed by atoms with Gasteiger partial charge in [0.05, 0.1) is 21.5 Å². The van der Waals surface area contributed by atoms with E-state index in [1.54, 1.807) is 0 Å². The van der Waals surface area contributed by atoms with Gasteiger partial charge in [-0.15, -0.1) is 0 Å². The standard InChI is InChI=1S/C11H13BrFNO3S/c1-14(11(7-15)4-5-11)18(16,17)8-2-3-9(12)10(13)6-8/h2-3,6,15H,4-5,7H2,1H3. The van der Waals surface area contributed by atoms with E-state index in [0.29, 0.717) is 12.8 Å². The molecule has 4 nitrogen and oxygen atoms in total. The van der Waals surface area contributed by atoms with Crippen LogP contribution in [0, 0.1) is 5.82 Å². The lowest BCUT2D eigenvalue weighted by Crippen LogP contribution is -2.41. The van der Waals surface area contributed by atoms with E-state index in [4.69, 9.17) is 0 Å². The highest BCUT2D eigenvalue weighted by Gasteiger charge is 2.50. The van der Waals surface area contributed by atoms with Gasteiger partial charge >= 0.3 is 0 Å². The first-order valence-corrected chi connectivity index (χ1v) is 7.62. The lowest BCUT2D eigenvalue weighted by Gasteiger charge is -2.25. The number of rotatable bonds is 4. The van der Waals surface area contributed by atoms with Crippen LogP contribution in [0.1, 0.15) is 12.8 Å². The van der Waals surface area contributed by atoms with Crippen molar-refractivity contribution >= 4 is 26.0 Å². The number of halogens is 2. The third-order valence-electron chi connectivity index (χ3n) is 3.34. The highest BCUT2D eigenvalue weighted by Crippen LogP contribution is 2.43. The summed E-state index contributed by atoms with van der Waals surface area (Å²) in [6, 6.07) is 3.67. The quantitative estimate of drug-likeness (QED) is 0.910. The van der Waals surface area contributed by atoms with Gasteiger partial charge in [0.25, 0.3) is 0 Å². The molecular weight excluding hydrogens is 325 g/mol. The summed E-state index contributed by atoms with van der Waals surface area (Å²) in [7, 11) is -2.36. The number of hydrogen-bond acceptors (Lipinski definition) is 3. The summed E-state index contributed by atoms with van der Waals surface area (Å²) in [6.45, 7) is -0.220. The number of aliphatic hydroxyl groups excluding tert-OH is 1. The van der Waals surface area contributed by atoms with Gasteiger partial charge in [0, 0.05) is 7.05 Å². The molecular formula is C11H13BrFNO3S. The first-order chi connectivity index (χ1) is 8.33. The Bertz CT molecular complexity index is 572. The summed E-state index contributed by atoms with van der Waals surface area (Å²) in [4.78, 5) is -0.106. The van der Waals surface area contributed by atoms with E-state index in [2.05, 4.69) is 15.9 Å². The van der Waals surface area contributed by atoms with Crippen LogP contribution in [0.25, 0.3) is 0 Å². The van der Waals surface area contributed by atoms with Gasteiger partial charge in [-0.05, 0) is 47.0 Å². The van der Waals surface area contributed by atoms with E-state index in [1.807, 2.05) is 0 Å². The minimum Gasteiger partial charge on any atom is -0.394 e. The largest absolute Gasteiger partial charge is 0.394 e. The van der Waals surface area contributed by atoms with Gasteiger partial charge in [-0.25, -0.2) is 12.8 Å². The summed E-state index contributed by atoms with van der Waals surface area (Å²) in [5.74, 6) is -0.627. The molecule has 18 heavy (non-hydrogen) atoms. The number of hydrogen-bond donors (Lipinski definition) is 1. The van der Waals surface area contributed by atoms with E-state index >= 15 is 0 Å². The molecule has 0 saturated heterocycles. The molecule has 1 saturated carbocycles. The zero-order valence-corrected chi connectivity index (χ0v) is 12.1. The second kappa shape index (κ2) is 4.56. The van der Waals surface area contributed by atoms with E-state index in [9.17, 15) is 17.9 Å². The van der Waals surface area contributed by atoms with Crippen LogP contribution in [0.5, 0.6) is 0 Å². The van der Waals surface area contributed by atoms with Crippen molar-refractivity contribution in [3.05, 3.63) is 28.5 Å². The predicted molar refractivity (Wildman–Crippen MR) is 68.1 cm³/mol. The third kappa shape index (κ3) is 2.20. The molecule has 2 rings (SSSR count). The van der Waals surface area contributed by atoms with Crippen molar-refractivity contribution in [2.75, 3.05) is 13.7 Å². The molecule has 1 aromatic carbocycles. The van der Waals surface area contributed by atoms with Gasteiger partial charge < -0.3 is 5.11 Å². The lowest BCUT2D eigenvalue weighted by molar-refractivity contribution is 0.187. The molecule has 1 N–H and O–H groups in total. The molecule has 1 aromatic rings. The number of benzene rings is 1. The summed E-state index contributed by atoms with van der Waals surface area (Å²) >= 11 is 2.98. The van der Waals surface area contributed by atoms with Crippen LogP contribution in [-0.4, -0.2) is 37.0 Å². The normalized spacial score (nSPS) is 18.1. The number of aliphatic hydroxyl groups is 1. The molecule has 7 heteroatoms. The molecule has 0 bridgehead atoms. The van der Waals surface area contributed by atoms with Crippen LogP contribution in [0.15, 0.2) is 27.6 Å². The zero-order chi connectivity index (χ0) is 13.6. The van der Waals surface area contributed by atoms with E-state index in [-0.39, 0.29) is 16.0 Å². The Morgan fingerprint density at radius 1 is 1.50 bits per heavy atom. The maximum atomic E-state index is 13.4. The molecule has 0 heterocycles. The van der Waals surface area contributed by atoms with Crippen LogP contribution in [0.3, 0.4) is 0 Å². The summed E-state index contributed by atoms with van der Waals surface area (Å²) in [5.41, 5.74) is -0.706. The predicted octanol–water partition coefficient (Wildman–Crippen LogP) is 1.73. The zero-order valence-electron chi connectivity index (χ0n) is 9.73. The molecule has 0 aliphatic heterocycles. The first kappa shape index (κ1) is 13.9. The molecule has 1 aliphatic rings. The topological polar surface area (TPSA) is 57.6 Å². The highest BCUT2D eigenvalue weighted by molar-refractivity contribution is 9.10. The number of sulfonamides is 1. The molecule has 0 amide bonds. The second-order valence-electron chi connectivity index (χ2n) is 4.43. The highest BCUT2D eigenvalue weighted by atomic mass is 79.9. The van der Waals surface area contributed by atoms with Gasteiger partial charge in [0.1, 0.15) is 5.82 Å². The Hall–Kier alpha value is -0.500. The first-order valence-electron chi connectivity index (χ1n) is 5.38. The summed E-state index contributed by atoms with van der Waals surface area (Å²) < 4.78 is 39.3. The Labute approximate surface area is 114 Å². The molecule has 100 valence electrons. The smallest absolute Gasteiger partial charge is 0.243 e. The van der Waals surface area contributed by atoms with Crippen LogP contribution in [0.2, 0.25) is 0 Å². The minimum atomic E-state index is -3.77. The molecule has 1 aliphatic carbocycles. The fraction of sp³-hybridized carbons (Fsp3) is 0.455. The van der Waals surface area contributed by atoms with Gasteiger partial charge in [-0.1, -0.05) is 0 Å². The molecule has 0 atom stereocenters. The average Bonchev–Trinajstić information content (AvgIpc) is 3.12. The van der Waals surface area contributed by atoms with Crippen LogP contribution in [-0.2, 0) is 10.0 Å². The van der Waals surface area contributed by atoms with E-state index in [1.165, 1.54) is 19.2 Å². The van der Waals surface area contributed by atoms with Crippen molar-refractivity contribution in [1.29, 1.82) is 0 Å². The summed E-state index contributed by atoms with van der Waals surface area (Å²) in [5, 5.41) is 9.25. The molecule has 0 radical (unpaired) electrons. The maximum absolute atomic E-state index is 13.4. The van der Waals surface area contributed by atoms with Gasteiger partial charge in [-0.2, -0.15) is 4.31 Å². The third-order valence-corrected chi connectivity index (χ3v) is 5.94. The number of likely N-dealkylation sites (N-methyl/N-ethyl adjacent to an activating group) is 1. The Morgan fingerprint density at radius 2 is 2.11 bits per heavy atom. The molecule has 0 spiro atoms. The Kier molecular flexibility index (Phi) is 3.52. The average molecular weight is 338 g/mol. The second-order valence-corrected chi connectivity index (χ2v) is 7.25. The monoisotopic (exact) mass is 337 g/mol. The van der Waals surface area contributed by atoms with Gasteiger partial charge in [0.2, 0.25) is 10.0 Å². The van der Waals surface area contributed by atoms with E-state index < -0.39 is 21.4 Å². The number of nitrogens with zero attached hydrogens (tertiary/aromatic N) is 1. The maximum Gasteiger partial charge on any atom is 0.243 e. The van der Waals surface area contributed by atoms with Crippen molar-refractivity contribution in [3.63, 3.8) is 0 Å². The van der Waals surface area contributed by atoms with Crippen molar-refractivity contribution in [3.8, 4) is 0 Å². The van der Waals surface area contributed by atoms with Crippen LogP contribution in [0.4, 0.5) is 4.39 Å². The van der Waals surface area contributed by atoms with Crippen molar-refractivity contribution < 1.29 is 17.9 Å². The molecule has 1 fully saturated rings. The van der Waals surface area contributed by atoms with Gasteiger partial charge in [-0.3, -0.25) is 0 Å². The van der Waals surface area contributed by atoms with Crippen molar-refractivity contribution in [2.24, 2.45) is 0 Å². The fourth-order valence-electron chi connectivity index (χ4n) is 1.77. The lowest BCUT2D eigenvalue weighted by atomic mass is 10.3. The molecule has 0 unspecified atom stereocenters. The Morgan fingerprint density at radius 3 is 2.56 bits per heavy atom. The fourth-order valence-corrected chi connectivity index (χ4v) is 3.57. The van der Waals surface area contributed by atoms with Crippen LogP contribution < -0.4 is 0 Å². The summed E-state index contributed by atoms with van der Waals surface area (Å²) in [6.07, 6.45) is 1.25. The van der Waals surface area contributed by atoms with Crippen molar-refractivity contribution in [1.82, 2.24) is 4.31 Å². The van der Waals surface area contributed by atoms with Crippen LogP contribution >= 0.6 is 15.9 Å². The van der Waals surface area contributed by atoms with E-state index in [0.717, 1.165) is 10.4 Å². The SMILES string of the molecule is CN(C1(CO)CC1)S(=O)(=O)c1ccc(Br)c(F)c1. The Balaban J connectivity index is 2.39.